The molecule has 2 atom stereocenters. The molecule has 1 fully saturated rings. The van der Waals surface area contributed by atoms with Crippen molar-refractivity contribution in [3.8, 4) is 0 Å². The van der Waals surface area contributed by atoms with Crippen LogP contribution in [-0.2, 0) is 13.0 Å². The van der Waals surface area contributed by atoms with Crippen molar-refractivity contribution in [2.45, 2.75) is 66.0 Å². The van der Waals surface area contributed by atoms with Crippen LogP contribution in [0.1, 0.15) is 52.7 Å². The highest BCUT2D eigenvalue weighted by Gasteiger charge is 2.39. The van der Waals surface area contributed by atoms with Gasteiger partial charge in [-0.3, -0.25) is 4.68 Å². The molecule has 1 aliphatic rings. The molecule has 1 aromatic rings. The molecule has 0 radical (unpaired) electrons. The van der Waals surface area contributed by atoms with E-state index in [2.05, 4.69) is 36.5 Å². The Balaban J connectivity index is 2.02. The zero-order valence-corrected chi connectivity index (χ0v) is 14.7. The third-order valence-electron chi connectivity index (χ3n) is 4.82. The molecule has 1 heterocycles. The third kappa shape index (κ3) is 4.05. The smallest absolute Gasteiger partial charge is 0.319 e. The number of hydrogen-bond acceptors (Lipinski definition) is 3. The monoisotopic (exact) mass is 322 g/mol. The van der Waals surface area contributed by atoms with Gasteiger partial charge in [0.1, 0.15) is 0 Å². The van der Waals surface area contributed by atoms with Crippen molar-refractivity contribution in [2.24, 2.45) is 11.3 Å². The number of carbonyl (C=O) groups is 1. The summed E-state index contributed by atoms with van der Waals surface area (Å²) in [6.45, 7) is 9.34. The van der Waals surface area contributed by atoms with E-state index in [-0.39, 0.29) is 24.1 Å². The summed E-state index contributed by atoms with van der Waals surface area (Å²) >= 11 is 0. The van der Waals surface area contributed by atoms with Gasteiger partial charge in [0.2, 0.25) is 0 Å². The molecule has 2 rings (SSSR count). The molecule has 2 amide bonds. The third-order valence-corrected chi connectivity index (χ3v) is 4.82. The maximum atomic E-state index is 12.3. The number of urea groups is 1. The van der Waals surface area contributed by atoms with Crippen LogP contribution in [0.15, 0.2) is 6.20 Å². The number of anilines is 1. The number of aliphatic hydroxyl groups is 1. The molecule has 0 aliphatic heterocycles. The summed E-state index contributed by atoms with van der Waals surface area (Å²) in [6, 6.07) is -0.196. The minimum absolute atomic E-state index is 0.0169. The van der Waals surface area contributed by atoms with Crippen LogP contribution in [0.3, 0.4) is 0 Å². The fraction of sp³-hybridized carbons (Fsp3) is 0.765. The second-order valence-electron chi connectivity index (χ2n) is 7.29. The van der Waals surface area contributed by atoms with Gasteiger partial charge >= 0.3 is 6.03 Å². The van der Waals surface area contributed by atoms with Crippen molar-refractivity contribution in [1.29, 1.82) is 0 Å². The first kappa shape index (κ1) is 17.8. The molecule has 0 spiro atoms. The van der Waals surface area contributed by atoms with E-state index in [4.69, 9.17) is 0 Å². The molecule has 1 aliphatic carbocycles. The zero-order chi connectivity index (χ0) is 17.0. The molecule has 6 heteroatoms. The number of carbonyl (C=O) groups excluding carboxylic acids is 1. The lowest BCUT2D eigenvalue weighted by molar-refractivity contribution is 0.122. The summed E-state index contributed by atoms with van der Waals surface area (Å²) in [5.74, 6) is 0.505. The topological polar surface area (TPSA) is 79.2 Å². The van der Waals surface area contributed by atoms with Crippen LogP contribution in [0.5, 0.6) is 0 Å². The van der Waals surface area contributed by atoms with E-state index in [0.29, 0.717) is 5.92 Å². The van der Waals surface area contributed by atoms with Gasteiger partial charge in [0.15, 0.2) is 0 Å². The van der Waals surface area contributed by atoms with Gasteiger partial charge in [-0.25, -0.2) is 4.79 Å². The van der Waals surface area contributed by atoms with Crippen molar-refractivity contribution in [3.63, 3.8) is 0 Å². The van der Waals surface area contributed by atoms with E-state index in [9.17, 15) is 9.90 Å². The Morgan fingerprint density at radius 3 is 2.91 bits per heavy atom. The Bertz CT molecular complexity index is 541. The normalized spacial score (nSPS) is 24.2. The summed E-state index contributed by atoms with van der Waals surface area (Å²) in [6.07, 6.45) is 5.44. The van der Waals surface area contributed by atoms with Gasteiger partial charge in [0.05, 0.1) is 24.2 Å². The fourth-order valence-corrected chi connectivity index (χ4v) is 3.38. The summed E-state index contributed by atoms with van der Waals surface area (Å²) in [4.78, 5) is 12.3. The van der Waals surface area contributed by atoms with Crippen molar-refractivity contribution >= 4 is 11.7 Å². The Labute approximate surface area is 138 Å². The number of hydrogen-bond donors (Lipinski definition) is 3. The van der Waals surface area contributed by atoms with E-state index in [1.165, 1.54) is 0 Å². The highest BCUT2D eigenvalue weighted by molar-refractivity contribution is 5.90. The van der Waals surface area contributed by atoms with Gasteiger partial charge in [0, 0.05) is 18.0 Å². The maximum Gasteiger partial charge on any atom is 0.319 e. The standard InChI is InChI=1S/C17H30N4O2/c1-5-14-13(9-18-21(14)10-12(2)3)19-16(23)20-15-7-6-8-17(15,4)11-22/h9,12,15,22H,5-8,10-11H2,1-4H3,(H2,19,20,23). The van der Waals surface area contributed by atoms with Crippen molar-refractivity contribution in [2.75, 3.05) is 11.9 Å². The number of amides is 2. The Kier molecular flexibility index (Phi) is 5.68. The number of nitrogens with one attached hydrogen (secondary N) is 2. The van der Waals surface area contributed by atoms with E-state index >= 15 is 0 Å². The van der Waals surface area contributed by atoms with E-state index in [1.807, 2.05) is 11.6 Å². The van der Waals surface area contributed by atoms with Gasteiger partial charge in [-0.05, 0) is 25.2 Å². The largest absolute Gasteiger partial charge is 0.396 e. The van der Waals surface area contributed by atoms with Gasteiger partial charge < -0.3 is 15.7 Å². The minimum atomic E-state index is -0.216. The van der Waals surface area contributed by atoms with Crippen molar-refractivity contribution < 1.29 is 9.90 Å². The lowest BCUT2D eigenvalue weighted by Crippen LogP contribution is -2.46. The second kappa shape index (κ2) is 7.34. The van der Waals surface area contributed by atoms with E-state index in [1.54, 1.807) is 6.20 Å². The van der Waals surface area contributed by atoms with Gasteiger partial charge in [-0.15, -0.1) is 0 Å². The Morgan fingerprint density at radius 1 is 1.57 bits per heavy atom. The van der Waals surface area contributed by atoms with Crippen LogP contribution in [0.4, 0.5) is 10.5 Å². The first-order valence-electron chi connectivity index (χ1n) is 8.62. The molecule has 0 aromatic carbocycles. The molecule has 23 heavy (non-hydrogen) atoms. The molecule has 3 N–H and O–H groups in total. The van der Waals surface area contributed by atoms with E-state index < -0.39 is 0 Å². The molecule has 0 saturated heterocycles. The Morgan fingerprint density at radius 2 is 2.30 bits per heavy atom. The van der Waals surface area contributed by atoms with Gasteiger partial charge in [-0.2, -0.15) is 5.10 Å². The predicted octanol–water partition coefficient (Wildman–Crippen LogP) is 2.77. The average Bonchev–Trinajstić information content (AvgIpc) is 3.03. The maximum absolute atomic E-state index is 12.3. The summed E-state index contributed by atoms with van der Waals surface area (Å²) in [5, 5.41) is 19.9. The SMILES string of the molecule is CCc1c(NC(=O)NC2CCCC2(C)CO)cnn1CC(C)C. The van der Waals surface area contributed by atoms with Crippen LogP contribution in [0.25, 0.3) is 0 Å². The molecular weight excluding hydrogens is 292 g/mol. The lowest BCUT2D eigenvalue weighted by Gasteiger charge is -2.30. The predicted molar refractivity (Wildman–Crippen MR) is 91.4 cm³/mol. The van der Waals surface area contributed by atoms with Crippen LogP contribution in [-0.4, -0.2) is 33.6 Å². The van der Waals surface area contributed by atoms with E-state index in [0.717, 1.165) is 43.6 Å². The molecule has 6 nitrogen and oxygen atoms in total. The Hall–Kier alpha value is -1.56. The molecule has 0 bridgehead atoms. The minimum Gasteiger partial charge on any atom is -0.396 e. The summed E-state index contributed by atoms with van der Waals surface area (Å²) in [7, 11) is 0. The van der Waals surface area contributed by atoms with Crippen LogP contribution in [0.2, 0.25) is 0 Å². The molecule has 1 aromatic heterocycles. The van der Waals surface area contributed by atoms with Crippen LogP contribution >= 0.6 is 0 Å². The zero-order valence-electron chi connectivity index (χ0n) is 14.7. The van der Waals surface area contributed by atoms with Crippen molar-refractivity contribution in [1.82, 2.24) is 15.1 Å². The fourth-order valence-electron chi connectivity index (χ4n) is 3.38. The first-order valence-corrected chi connectivity index (χ1v) is 8.62. The average molecular weight is 322 g/mol. The summed E-state index contributed by atoms with van der Waals surface area (Å²) in [5.41, 5.74) is 1.60. The number of aliphatic hydroxyl groups excluding tert-OH is 1. The van der Waals surface area contributed by atoms with Gasteiger partial charge in [-0.1, -0.05) is 34.1 Å². The van der Waals surface area contributed by atoms with Crippen LogP contribution < -0.4 is 10.6 Å². The number of aromatic nitrogens is 2. The lowest BCUT2D eigenvalue weighted by atomic mass is 9.86. The quantitative estimate of drug-likeness (QED) is 0.753. The van der Waals surface area contributed by atoms with Crippen molar-refractivity contribution in [3.05, 3.63) is 11.9 Å². The molecule has 130 valence electrons. The highest BCUT2D eigenvalue weighted by atomic mass is 16.3. The molecule has 1 saturated carbocycles. The highest BCUT2D eigenvalue weighted by Crippen LogP contribution is 2.37. The molecular formula is C17H30N4O2. The second-order valence-corrected chi connectivity index (χ2v) is 7.29. The first-order chi connectivity index (χ1) is 10.9. The van der Waals surface area contributed by atoms with Gasteiger partial charge in [0.25, 0.3) is 0 Å². The number of rotatable bonds is 6. The molecule has 2 unspecified atom stereocenters. The summed E-state index contributed by atoms with van der Waals surface area (Å²) < 4.78 is 1.97. The van der Waals surface area contributed by atoms with Crippen LogP contribution in [0, 0.1) is 11.3 Å². The number of nitrogens with zero attached hydrogens (tertiary/aromatic N) is 2.